The summed E-state index contributed by atoms with van der Waals surface area (Å²) in [4.78, 5) is 1.77. The van der Waals surface area contributed by atoms with Gasteiger partial charge in [-0.3, -0.25) is 4.90 Å². The summed E-state index contributed by atoms with van der Waals surface area (Å²) in [6.07, 6.45) is 0. The molecule has 1 heterocycles. The van der Waals surface area contributed by atoms with Crippen LogP contribution in [0.3, 0.4) is 0 Å². The first-order valence-corrected chi connectivity index (χ1v) is 2.45. The van der Waals surface area contributed by atoms with Crippen LogP contribution in [0.4, 0.5) is 4.39 Å². The Balaban J connectivity index is 2.44. The third-order valence-corrected chi connectivity index (χ3v) is 1.24. The van der Waals surface area contributed by atoms with Gasteiger partial charge in [-0.15, -0.1) is 0 Å². The second-order valence-corrected chi connectivity index (χ2v) is 2.25. The zero-order chi connectivity index (χ0) is 6.20. The molecule has 0 unspecified atom stereocenters. The number of nitrogens with zero attached hydrogens (tertiary/aromatic N) is 2. The van der Waals surface area contributed by atoms with Gasteiger partial charge in [0.2, 0.25) is 5.67 Å². The Labute approximate surface area is 47.5 Å². The minimum absolute atomic E-state index is 0.267. The van der Waals surface area contributed by atoms with E-state index in [9.17, 15) is 4.39 Å². The van der Waals surface area contributed by atoms with E-state index in [1.807, 2.05) is 0 Å². The molecule has 0 aromatic heterocycles. The van der Waals surface area contributed by atoms with Crippen molar-refractivity contribution in [3.63, 3.8) is 0 Å². The zero-order valence-corrected chi connectivity index (χ0v) is 4.69. The van der Waals surface area contributed by atoms with Crippen LogP contribution in [-0.4, -0.2) is 30.7 Å². The second kappa shape index (κ2) is 1.43. The van der Waals surface area contributed by atoms with E-state index in [1.165, 1.54) is 0 Å². The summed E-state index contributed by atoms with van der Waals surface area (Å²) < 4.78 is 12.5. The topological polar surface area (TPSA) is 27.0 Å². The van der Waals surface area contributed by atoms with Crippen molar-refractivity contribution in [3.8, 4) is 6.07 Å². The molecule has 1 rings (SSSR count). The van der Waals surface area contributed by atoms with Crippen LogP contribution in [0.15, 0.2) is 0 Å². The largest absolute Gasteiger partial charge is 0.298 e. The van der Waals surface area contributed by atoms with Crippen LogP contribution in [0, 0.1) is 11.3 Å². The van der Waals surface area contributed by atoms with Crippen LogP contribution in [0.5, 0.6) is 0 Å². The van der Waals surface area contributed by atoms with Gasteiger partial charge in [0.15, 0.2) is 0 Å². The van der Waals surface area contributed by atoms with Crippen LogP contribution in [0.1, 0.15) is 0 Å². The van der Waals surface area contributed by atoms with Gasteiger partial charge in [-0.1, -0.05) is 0 Å². The highest BCUT2D eigenvalue weighted by molar-refractivity contribution is 5.10. The second-order valence-electron chi connectivity index (χ2n) is 2.25. The summed E-state index contributed by atoms with van der Waals surface area (Å²) in [7, 11) is 1.79. The number of rotatable bonds is 0. The molecule has 2 nitrogen and oxygen atoms in total. The first kappa shape index (κ1) is 5.52. The minimum atomic E-state index is -1.53. The standard InChI is InChI=1S/C5H7FN2/c1-8-3-5(6,2-7)4-8/h3-4H2,1H3. The first-order chi connectivity index (χ1) is 3.66. The highest BCUT2D eigenvalue weighted by Gasteiger charge is 2.41. The van der Waals surface area contributed by atoms with Crippen LogP contribution >= 0.6 is 0 Å². The number of alkyl halides is 1. The predicted molar refractivity (Wildman–Crippen MR) is 26.9 cm³/mol. The van der Waals surface area contributed by atoms with Crippen LogP contribution in [-0.2, 0) is 0 Å². The normalized spacial score (nSPS) is 26.1. The molecule has 1 fully saturated rings. The molecule has 1 aliphatic heterocycles. The molecule has 1 aliphatic rings. The van der Waals surface area contributed by atoms with Gasteiger partial charge in [-0.2, -0.15) is 5.26 Å². The molecule has 0 aromatic carbocycles. The van der Waals surface area contributed by atoms with Gasteiger partial charge in [0.1, 0.15) is 6.07 Å². The molecule has 0 saturated carbocycles. The van der Waals surface area contributed by atoms with Crippen molar-refractivity contribution in [1.82, 2.24) is 4.90 Å². The van der Waals surface area contributed by atoms with Crippen LogP contribution in [0.2, 0.25) is 0 Å². The smallest absolute Gasteiger partial charge is 0.221 e. The average molecular weight is 114 g/mol. The van der Waals surface area contributed by atoms with Crippen molar-refractivity contribution in [3.05, 3.63) is 0 Å². The van der Waals surface area contributed by atoms with Crippen molar-refractivity contribution in [2.75, 3.05) is 20.1 Å². The molecule has 8 heavy (non-hydrogen) atoms. The fourth-order valence-electron chi connectivity index (χ4n) is 0.880. The molecular weight excluding hydrogens is 107 g/mol. The number of halogens is 1. The number of hydrogen-bond acceptors (Lipinski definition) is 2. The van der Waals surface area contributed by atoms with Crippen molar-refractivity contribution in [1.29, 1.82) is 5.26 Å². The maximum atomic E-state index is 12.5. The summed E-state index contributed by atoms with van der Waals surface area (Å²) in [5.41, 5.74) is -1.53. The number of hydrogen-bond donors (Lipinski definition) is 0. The number of likely N-dealkylation sites (tertiary alicyclic amines) is 1. The Hall–Kier alpha value is -0.620. The van der Waals surface area contributed by atoms with Crippen molar-refractivity contribution in [2.24, 2.45) is 0 Å². The fraction of sp³-hybridized carbons (Fsp3) is 0.800. The SMILES string of the molecule is CN1CC(F)(C#N)C1. The molecule has 0 N–H and O–H groups in total. The van der Waals surface area contributed by atoms with Crippen molar-refractivity contribution in [2.45, 2.75) is 5.67 Å². The molecule has 0 atom stereocenters. The fourth-order valence-corrected chi connectivity index (χ4v) is 0.880. The molecular formula is C5H7FN2. The van der Waals surface area contributed by atoms with E-state index in [-0.39, 0.29) is 13.1 Å². The zero-order valence-electron chi connectivity index (χ0n) is 4.69. The van der Waals surface area contributed by atoms with Gasteiger partial charge in [0, 0.05) is 13.1 Å². The van der Waals surface area contributed by atoms with Gasteiger partial charge < -0.3 is 0 Å². The van der Waals surface area contributed by atoms with E-state index < -0.39 is 5.67 Å². The summed E-state index contributed by atoms with van der Waals surface area (Å²) in [5, 5.41) is 8.11. The summed E-state index contributed by atoms with van der Waals surface area (Å²) in [6, 6.07) is 1.60. The van der Waals surface area contributed by atoms with Gasteiger partial charge in [-0.05, 0) is 7.05 Å². The van der Waals surface area contributed by atoms with Gasteiger partial charge >= 0.3 is 0 Å². The van der Waals surface area contributed by atoms with Crippen molar-refractivity contribution < 1.29 is 4.39 Å². The van der Waals surface area contributed by atoms with E-state index in [2.05, 4.69) is 0 Å². The lowest BCUT2D eigenvalue weighted by atomic mass is 10.00. The van der Waals surface area contributed by atoms with E-state index >= 15 is 0 Å². The van der Waals surface area contributed by atoms with E-state index in [0.717, 1.165) is 0 Å². The molecule has 0 bridgehead atoms. The molecule has 0 radical (unpaired) electrons. The minimum Gasteiger partial charge on any atom is -0.298 e. The van der Waals surface area contributed by atoms with Crippen LogP contribution < -0.4 is 0 Å². The maximum absolute atomic E-state index is 12.5. The third-order valence-electron chi connectivity index (χ3n) is 1.24. The Morgan fingerprint density at radius 1 is 1.75 bits per heavy atom. The summed E-state index contributed by atoms with van der Waals surface area (Å²) in [6.45, 7) is 0.535. The lowest BCUT2D eigenvalue weighted by molar-refractivity contribution is 0.0321. The van der Waals surface area contributed by atoms with E-state index in [4.69, 9.17) is 5.26 Å². The van der Waals surface area contributed by atoms with Crippen molar-refractivity contribution >= 4 is 0 Å². The summed E-state index contributed by atoms with van der Waals surface area (Å²) in [5.74, 6) is 0. The highest BCUT2D eigenvalue weighted by Crippen LogP contribution is 2.21. The molecule has 44 valence electrons. The Bertz CT molecular complexity index is 132. The molecule has 0 aliphatic carbocycles. The highest BCUT2D eigenvalue weighted by atomic mass is 19.1. The Kier molecular flexibility index (Phi) is 0.983. The van der Waals surface area contributed by atoms with Gasteiger partial charge in [-0.25, -0.2) is 4.39 Å². The molecule has 0 amide bonds. The third kappa shape index (κ3) is 0.673. The summed E-state index contributed by atoms with van der Waals surface area (Å²) >= 11 is 0. The van der Waals surface area contributed by atoms with E-state index in [0.29, 0.717) is 0 Å². The quantitative estimate of drug-likeness (QED) is 0.448. The molecule has 0 spiro atoms. The predicted octanol–water partition coefficient (Wildman–Crippen LogP) is 0.164. The monoisotopic (exact) mass is 114 g/mol. The molecule has 3 heteroatoms. The molecule has 1 saturated heterocycles. The van der Waals surface area contributed by atoms with Gasteiger partial charge in [0.25, 0.3) is 0 Å². The van der Waals surface area contributed by atoms with Gasteiger partial charge in [0.05, 0.1) is 0 Å². The van der Waals surface area contributed by atoms with Crippen LogP contribution in [0.25, 0.3) is 0 Å². The molecule has 0 aromatic rings. The maximum Gasteiger partial charge on any atom is 0.221 e. The Morgan fingerprint density at radius 3 is 2.38 bits per heavy atom. The number of nitriles is 1. The average Bonchev–Trinajstić information content (AvgIpc) is 1.63. The Morgan fingerprint density at radius 2 is 2.25 bits per heavy atom. The first-order valence-electron chi connectivity index (χ1n) is 2.45. The lowest BCUT2D eigenvalue weighted by Crippen LogP contribution is -2.55. The lowest BCUT2D eigenvalue weighted by Gasteiger charge is -2.36. The van der Waals surface area contributed by atoms with E-state index in [1.54, 1.807) is 18.0 Å².